The maximum Gasteiger partial charge on any atom is 0.147 e. The van der Waals surface area contributed by atoms with Crippen LogP contribution in [0.4, 0.5) is 17.6 Å². The minimum atomic E-state index is -0.884. The molecule has 0 fully saturated rings. The number of fused-ring (bicyclic) bond motifs is 1. The molecule has 0 aliphatic rings. The Bertz CT molecular complexity index is 1190. The highest BCUT2D eigenvalue weighted by Gasteiger charge is 2.23. The topological polar surface area (TPSA) is 27.1 Å². The molecule has 1 heterocycles. The zero-order valence-electron chi connectivity index (χ0n) is 15.6. The molecule has 0 aliphatic heterocycles. The molecule has 148 valence electrons. The molecule has 29 heavy (non-hydrogen) atoms. The molecule has 0 N–H and O–H groups in total. The lowest BCUT2D eigenvalue weighted by molar-refractivity contribution is 0.407. The number of hydrogen-bond acceptors (Lipinski definition) is 2. The first-order valence-corrected chi connectivity index (χ1v) is 8.83. The number of benzene rings is 3. The van der Waals surface area contributed by atoms with E-state index in [9.17, 15) is 17.6 Å². The Hall–Kier alpha value is -3.35. The molecule has 0 unspecified atom stereocenters. The lowest BCUT2D eigenvalue weighted by Gasteiger charge is -2.13. The number of imidazole rings is 1. The van der Waals surface area contributed by atoms with Crippen LogP contribution in [0.5, 0.6) is 5.75 Å². The first kappa shape index (κ1) is 19.0. The predicted molar refractivity (Wildman–Crippen MR) is 102 cm³/mol. The molecule has 3 aromatic carbocycles. The molecule has 0 radical (unpaired) electrons. The van der Waals surface area contributed by atoms with Gasteiger partial charge in [-0.1, -0.05) is 18.2 Å². The Labute approximate surface area is 164 Å². The van der Waals surface area contributed by atoms with Gasteiger partial charge in [-0.15, -0.1) is 0 Å². The second-order valence-corrected chi connectivity index (χ2v) is 6.63. The number of hydrogen-bond donors (Lipinski definition) is 0. The Morgan fingerprint density at radius 1 is 0.897 bits per heavy atom. The summed E-state index contributed by atoms with van der Waals surface area (Å²) in [5.41, 5.74) is 1.17. The van der Waals surface area contributed by atoms with Crippen molar-refractivity contribution in [2.24, 2.45) is 0 Å². The minimum Gasteiger partial charge on any atom is -0.497 e. The van der Waals surface area contributed by atoms with Gasteiger partial charge in [-0.05, 0) is 30.7 Å². The minimum absolute atomic E-state index is 0.0164. The number of aromatic nitrogens is 2. The summed E-state index contributed by atoms with van der Waals surface area (Å²) in [7, 11) is 1.30. The third kappa shape index (κ3) is 3.22. The van der Waals surface area contributed by atoms with Gasteiger partial charge in [0, 0.05) is 17.7 Å². The van der Waals surface area contributed by atoms with Gasteiger partial charge >= 0.3 is 0 Å². The highest BCUT2D eigenvalue weighted by atomic mass is 19.1. The molecule has 0 spiro atoms. The zero-order valence-corrected chi connectivity index (χ0v) is 15.6. The van der Waals surface area contributed by atoms with Crippen molar-refractivity contribution >= 4 is 11.0 Å². The van der Waals surface area contributed by atoms with Gasteiger partial charge in [0.25, 0.3) is 0 Å². The number of aryl methyl sites for hydroxylation is 1. The van der Waals surface area contributed by atoms with E-state index in [1.165, 1.54) is 17.7 Å². The average molecular weight is 400 g/mol. The second-order valence-electron chi connectivity index (χ2n) is 6.63. The van der Waals surface area contributed by atoms with Gasteiger partial charge in [0.15, 0.2) is 0 Å². The summed E-state index contributed by atoms with van der Waals surface area (Å²) in [4.78, 5) is 4.41. The van der Waals surface area contributed by atoms with Crippen LogP contribution in [-0.4, -0.2) is 16.7 Å². The monoisotopic (exact) mass is 400 g/mol. The van der Waals surface area contributed by atoms with Crippen molar-refractivity contribution in [3.8, 4) is 17.1 Å². The Morgan fingerprint density at radius 2 is 1.52 bits per heavy atom. The molecule has 3 nitrogen and oxygen atoms in total. The molecule has 0 bridgehead atoms. The van der Waals surface area contributed by atoms with Crippen LogP contribution in [0.3, 0.4) is 0 Å². The Balaban J connectivity index is 2.01. The highest BCUT2D eigenvalue weighted by Crippen LogP contribution is 2.33. The molecular weight excluding hydrogens is 384 g/mol. The SMILES string of the molecule is COc1cc(F)c(-c2nc3c(C)cccc3n2Cc2c(F)cccc2F)c(F)c1. The van der Waals surface area contributed by atoms with E-state index in [1.807, 2.05) is 0 Å². The van der Waals surface area contributed by atoms with E-state index in [2.05, 4.69) is 4.98 Å². The van der Waals surface area contributed by atoms with E-state index in [-0.39, 0.29) is 23.7 Å². The largest absolute Gasteiger partial charge is 0.497 e. The third-order valence-electron chi connectivity index (χ3n) is 4.83. The van der Waals surface area contributed by atoms with Crippen LogP contribution in [0.25, 0.3) is 22.4 Å². The van der Waals surface area contributed by atoms with Crippen molar-refractivity contribution in [2.45, 2.75) is 13.5 Å². The van der Waals surface area contributed by atoms with E-state index < -0.39 is 28.8 Å². The summed E-state index contributed by atoms with van der Waals surface area (Å²) in [6, 6.07) is 10.8. The van der Waals surface area contributed by atoms with Gasteiger partial charge in [-0.2, -0.15) is 0 Å². The predicted octanol–water partition coefficient (Wildman–Crippen LogP) is 5.63. The first-order valence-electron chi connectivity index (χ1n) is 8.83. The van der Waals surface area contributed by atoms with Crippen molar-refractivity contribution in [3.05, 3.63) is 82.9 Å². The quantitative estimate of drug-likeness (QED) is 0.416. The molecule has 0 amide bonds. The number of nitrogens with zero attached hydrogens (tertiary/aromatic N) is 2. The van der Waals surface area contributed by atoms with Crippen LogP contribution in [-0.2, 0) is 6.54 Å². The molecule has 4 aromatic rings. The second kappa shape index (κ2) is 7.24. The van der Waals surface area contributed by atoms with Crippen LogP contribution < -0.4 is 4.74 Å². The van der Waals surface area contributed by atoms with E-state index in [1.54, 1.807) is 25.1 Å². The number of ether oxygens (including phenoxy) is 1. The van der Waals surface area contributed by atoms with E-state index >= 15 is 0 Å². The van der Waals surface area contributed by atoms with Gasteiger partial charge < -0.3 is 9.30 Å². The van der Waals surface area contributed by atoms with Crippen molar-refractivity contribution in [3.63, 3.8) is 0 Å². The molecule has 0 saturated carbocycles. The summed E-state index contributed by atoms with van der Waals surface area (Å²) >= 11 is 0. The van der Waals surface area contributed by atoms with Crippen LogP contribution in [0.15, 0.2) is 48.5 Å². The molecule has 4 rings (SSSR count). The summed E-state index contributed by atoms with van der Waals surface area (Å²) in [5, 5.41) is 0. The van der Waals surface area contributed by atoms with Crippen molar-refractivity contribution in [1.29, 1.82) is 0 Å². The zero-order chi connectivity index (χ0) is 20.7. The van der Waals surface area contributed by atoms with Gasteiger partial charge in [-0.25, -0.2) is 22.5 Å². The van der Waals surface area contributed by atoms with E-state index in [4.69, 9.17) is 4.74 Å². The number of rotatable bonds is 4. The maximum absolute atomic E-state index is 14.8. The smallest absolute Gasteiger partial charge is 0.147 e. The van der Waals surface area contributed by atoms with Crippen LogP contribution in [0.2, 0.25) is 0 Å². The first-order chi connectivity index (χ1) is 13.9. The Morgan fingerprint density at radius 3 is 2.14 bits per heavy atom. The van der Waals surface area contributed by atoms with Gasteiger partial charge in [0.05, 0.1) is 30.3 Å². The van der Waals surface area contributed by atoms with E-state index in [0.717, 1.165) is 29.8 Å². The highest BCUT2D eigenvalue weighted by molar-refractivity contribution is 5.83. The molecule has 7 heteroatoms. The standard InChI is InChI=1S/C22H16F4N2O/c1-12-5-3-8-19-21(12)27-22(20-17(25)9-13(29-2)10-18(20)26)28(19)11-14-15(23)6-4-7-16(14)24/h3-10H,11H2,1-2H3. The number of para-hydroxylation sites is 1. The fraction of sp³-hybridized carbons (Fsp3) is 0.136. The van der Waals surface area contributed by atoms with Gasteiger partial charge in [0.1, 0.15) is 34.8 Å². The lowest BCUT2D eigenvalue weighted by Crippen LogP contribution is -2.08. The lowest BCUT2D eigenvalue weighted by atomic mass is 10.1. The molecule has 1 aromatic heterocycles. The fourth-order valence-electron chi connectivity index (χ4n) is 3.36. The summed E-state index contributed by atoms with van der Waals surface area (Å²) in [6.07, 6.45) is 0. The summed E-state index contributed by atoms with van der Waals surface area (Å²) < 4.78 is 64.4. The van der Waals surface area contributed by atoms with Crippen molar-refractivity contribution in [2.75, 3.05) is 7.11 Å². The van der Waals surface area contributed by atoms with Crippen LogP contribution >= 0.6 is 0 Å². The van der Waals surface area contributed by atoms with Gasteiger partial charge in [0.2, 0.25) is 0 Å². The van der Waals surface area contributed by atoms with Crippen molar-refractivity contribution < 1.29 is 22.3 Å². The third-order valence-corrected chi connectivity index (χ3v) is 4.83. The fourth-order valence-corrected chi connectivity index (χ4v) is 3.36. The van der Waals surface area contributed by atoms with Crippen molar-refractivity contribution in [1.82, 2.24) is 9.55 Å². The average Bonchev–Trinajstić information content (AvgIpc) is 3.03. The molecular formula is C22H16F4N2O. The molecule has 0 saturated heterocycles. The van der Waals surface area contributed by atoms with Crippen LogP contribution in [0.1, 0.15) is 11.1 Å². The van der Waals surface area contributed by atoms with Crippen LogP contribution in [0, 0.1) is 30.2 Å². The maximum atomic E-state index is 14.8. The normalized spacial score (nSPS) is 11.2. The summed E-state index contributed by atoms with van der Waals surface area (Å²) in [5.74, 6) is -3.31. The van der Waals surface area contributed by atoms with Gasteiger partial charge in [-0.3, -0.25) is 0 Å². The molecule has 0 atom stereocenters. The van der Waals surface area contributed by atoms with E-state index in [0.29, 0.717) is 11.0 Å². The Kier molecular flexibility index (Phi) is 4.74. The number of methoxy groups -OCH3 is 1. The number of halogens is 4. The molecule has 0 aliphatic carbocycles. The summed E-state index contributed by atoms with van der Waals surface area (Å²) in [6.45, 7) is 1.52.